The smallest absolute Gasteiger partial charge is 0.0636 e. The third kappa shape index (κ3) is 6.99. The molecule has 0 aliphatic carbocycles. The molecule has 80 valence electrons. The number of hydrogen-bond donors (Lipinski definition) is 2. The van der Waals surface area contributed by atoms with Gasteiger partial charge in [0.15, 0.2) is 0 Å². The van der Waals surface area contributed by atoms with E-state index in [0.717, 1.165) is 13.0 Å². The number of aliphatic hydroxyl groups is 1. The van der Waals surface area contributed by atoms with Gasteiger partial charge in [0.05, 0.1) is 6.10 Å². The van der Waals surface area contributed by atoms with Crippen molar-refractivity contribution in [3.05, 3.63) is 0 Å². The maximum atomic E-state index is 9.11. The highest BCUT2D eigenvalue weighted by Crippen LogP contribution is 2.05. The number of methoxy groups -OCH3 is 1. The molecule has 0 rings (SSSR count). The molecule has 3 nitrogen and oxygen atoms in total. The van der Waals surface area contributed by atoms with Crippen LogP contribution in [0.3, 0.4) is 0 Å². The third-order valence-corrected chi connectivity index (χ3v) is 2.11. The highest BCUT2D eigenvalue weighted by molar-refractivity contribution is 4.71. The molecule has 0 aromatic heterocycles. The number of rotatable bonds is 7. The van der Waals surface area contributed by atoms with Crippen molar-refractivity contribution >= 4 is 0 Å². The zero-order valence-corrected chi connectivity index (χ0v) is 9.21. The van der Waals surface area contributed by atoms with Gasteiger partial charge < -0.3 is 15.2 Å². The summed E-state index contributed by atoms with van der Waals surface area (Å²) >= 11 is 0. The Bertz CT molecular complexity index is 115. The molecule has 0 heterocycles. The minimum Gasteiger partial charge on any atom is -0.392 e. The van der Waals surface area contributed by atoms with E-state index < -0.39 is 0 Å². The molecule has 0 spiro atoms. The topological polar surface area (TPSA) is 41.5 Å². The lowest BCUT2D eigenvalue weighted by Crippen LogP contribution is -2.38. The minimum absolute atomic E-state index is 0.274. The van der Waals surface area contributed by atoms with Gasteiger partial charge in [-0.05, 0) is 19.3 Å². The number of ether oxygens (including phenoxy) is 1. The van der Waals surface area contributed by atoms with Crippen LogP contribution in [0.2, 0.25) is 0 Å². The SMILES string of the molecule is COCCC(NC[C@H](C)O)C(C)C. The van der Waals surface area contributed by atoms with E-state index in [1.807, 2.05) is 0 Å². The average molecular weight is 189 g/mol. The normalized spacial score (nSPS) is 16.2. The molecule has 0 bridgehead atoms. The van der Waals surface area contributed by atoms with E-state index >= 15 is 0 Å². The van der Waals surface area contributed by atoms with Gasteiger partial charge in [-0.1, -0.05) is 13.8 Å². The summed E-state index contributed by atoms with van der Waals surface area (Å²) in [7, 11) is 1.71. The van der Waals surface area contributed by atoms with Crippen molar-refractivity contribution in [1.29, 1.82) is 0 Å². The molecule has 2 atom stereocenters. The molecule has 3 heteroatoms. The van der Waals surface area contributed by atoms with Crippen LogP contribution < -0.4 is 5.32 Å². The predicted molar refractivity (Wildman–Crippen MR) is 54.8 cm³/mol. The Balaban J connectivity index is 3.67. The predicted octanol–water partition coefficient (Wildman–Crippen LogP) is 1.02. The molecule has 2 N–H and O–H groups in total. The molecule has 0 aromatic carbocycles. The Labute approximate surface area is 81.5 Å². The Kier molecular flexibility index (Phi) is 7.23. The van der Waals surface area contributed by atoms with Crippen LogP contribution in [0.15, 0.2) is 0 Å². The number of hydrogen-bond acceptors (Lipinski definition) is 3. The van der Waals surface area contributed by atoms with Crippen molar-refractivity contribution < 1.29 is 9.84 Å². The molecular formula is C10H23NO2. The summed E-state index contributed by atoms with van der Waals surface area (Å²) in [6, 6.07) is 0.439. The fourth-order valence-electron chi connectivity index (χ4n) is 1.24. The summed E-state index contributed by atoms with van der Waals surface area (Å²) in [6.45, 7) is 7.58. The van der Waals surface area contributed by atoms with Crippen LogP contribution in [-0.4, -0.2) is 37.5 Å². The summed E-state index contributed by atoms with van der Waals surface area (Å²) in [5, 5.41) is 12.4. The molecule has 0 saturated carbocycles. The van der Waals surface area contributed by atoms with Crippen LogP contribution >= 0.6 is 0 Å². The first-order chi connectivity index (χ1) is 6.07. The van der Waals surface area contributed by atoms with Gasteiger partial charge >= 0.3 is 0 Å². The molecule has 0 aliphatic rings. The Morgan fingerprint density at radius 1 is 1.31 bits per heavy atom. The van der Waals surface area contributed by atoms with Crippen LogP contribution in [0.1, 0.15) is 27.2 Å². The molecule has 13 heavy (non-hydrogen) atoms. The zero-order valence-electron chi connectivity index (χ0n) is 9.21. The molecule has 1 unspecified atom stereocenters. The van der Waals surface area contributed by atoms with E-state index in [-0.39, 0.29) is 6.10 Å². The fourth-order valence-corrected chi connectivity index (χ4v) is 1.24. The molecular weight excluding hydrogens is 166 g/mol. The van der Waals surface area contributed by atoms with Crippen molar-refractivity contribution in [1.82, 2.24) is 5.32 Å². The summed E-state index contributed by atoms with van der Waals surface area (Å²) < 4.78 is 5.03. The summed E-state index contributed by atoms with van der Waals surface area (Å²) in [5.74, 6) is 0.578. The van der Waals surface area contributed by atoms with E-state index in [2.05, 4.69) is 19.2 Å². The maximum Gasteiger partial charge on any atom is 0.0636 e. The van der Waals surface area contributed by atoms with Crippen molar-refractivity contribution in [2.24, 2.45) is 5.92 Å². The van der Waals surface area contributed by atoms with Crippen molar-refractivity contribution in [3.8, 4) is 0 Å². The van der Waals surface area contributed by atoms with Crippen LogP contribution in [0.4, 0.5) is 0 Å². The van der Waals surface area contributed by atoms with E-state index in [1.54, 1.807) is 14.0 Å². The highest BCUT2D eigenvalue weighted by atomic mass is 16.5. The van der Waals surface area contributed by atoms with Gasteiger partial charge in [-0.3, -0.25) is 0 Å². The van der Waals surface area contributed by atoms with Gasteiger partial charge in [-0.15, -0.1) is 0 Å². The molecule has 0 amide bonds. The Morgan fingerprint density at radius 3 is 2.31 bits per heavy atom. The second-order valence-electron chi connectivity index (χ2n) is 3.89. The van der Waals surface area contributed by atoms with Gasteiger partial charge in [0, 0.05) is 26.3 Å². The van der Waals surface area contributed by atoms with Crippen molar-refractivity contribution in [2.75, 3.05) is 20.3 Å². The zero-order chi connectivity index (χ0) is 10.3. The summed E-state index contributed by atoms with van der Waals surface area (Å²) in [4.78, 5) is 0. The standard InChI is InChI=1S/C10H23NO2/c1-8(2)10(5-6-13-4)11-7-9(3)12/h8-12H,5-7H2,1-4H3/t9-,10?/m0/s1. The lowest BCUT2D eigenvalue weighted by Gasteiger charge is -2.22. The fraction of sp³-hybridized carbons (Fsp3) is 1.00. The van der Waals surface area contributed by atoms with Crippen LogP contribution in [0, 0.1) is 5.92 Å². The van der Waals surface area contributed by atoms with Gasteiger partial charge in [0.1, 0.15) is 0 Å². The van der Waals surface area contributed by atoms with Crippen LogP contribution in [0.25, 0.3) is 0 Å². The first-order valence-electron chi connectivity index (χ1n) is 4.98. The largest absolute Gasteiger partial charge is 0.392 e. The minimum atomic E-state index is -0.274. The molecule has 0 radical (unpaired) electrons. The lowest BCUT2D eigenvalue weighted by atomic mass is 10.0. The number of aliphatic hydroxyl groups excluding tert-OH is 1. The van der Waals surface area contributed by atoms with Gasteiger partial charge in [0.2, 0.25) is 0 Å². The quantitative estimate of drug-likeness (QED) is 0.628. The first kappa shape index (κ1) is 12.9. The summed E-state index contributed by atoms with van der Waals surface area (Å²) in [6.07, 6.45) is 0.727. The average Bonchev–Trinajstić information content (AvgIpc) is 2.03. The second kappa shape index (κ2) is 7.30. The van der Waals surface area contributed by atoms with E-state index in [9.17, 15) is 0 Å². The van der Waals surface area contributed by atoms with E-state index in [0.29, 0.717) is 18.5 Å². The van der Waals surface area contributed by atoms with E-state index in [4.69, 9.17) is 9.84 Å². The number of nitrogens with one attached hydrogen (secondary N) is 1. The monoisotopic (exact) mass is 189 g/mol. The third-order valence-electron chi connectivity index (χ3n) is 2.11. The Morgan fingerprint density at radius 2 is 1.92 bits per heavy atom. The second-order valence-corrected chi connectivity index (χ2v) is 3.89. The van der Waals surface area contributed by atoms with Gasteiger partial charge in [-0.2, -0.15) is 0 Å². The maximum absolute atomic E-state index is 9.11. The van der Waals surface area contributed by atoms with Crippen LogP contribution in [0.5, 0.6) is 0 Å². The first-order valence-corrected chi connectivity index (χ1v) is 4.98. The highest BCUT2D eigenvalue weighted by Gasteiger charge is 2.12. The van der Waals surface area contributed by atoms with Gasteiger partial charge in [-0.25, -0.2) is 0 Å². The summed E-state index contributed by atoms with van der Waals surface area (Å²) in [5.41, 5.74) is 0. The lowest BCUT2D eigenvalue weighted by molar-refractivity contribution is 0.155. The van der Waals surface area contributed by atoms with Crippen molar-refractivity contribution in [3.63, 3.8) is 0 Å². The van der Waals surface area contributed by atoms with Crippen molar-refractivity contribution in [2.45, 2.75) is 39.3 Å². The molecule has 0 aliphatic heterocycles. The Hall–Kier alpha value is -0.120. The molecule has 0 saturated heterocycles. The van der Waals surface area contributed by atoms with Gasteiger partial charge in [0.25, 0.3) is 0 Å². The van der Waals surface area contributed by atoms with Crippen LogP contribution in [-0.2, 0) is 4.74 Å². The molecule has 0 fully saturated rings. The van der Waals surface area contributed by atoms with E-state index in [1.165, 1.54) is 0 Å². The molecule has 0 aromatic rings.